The average molecular weight is 377 g/mol. The normalized spacial score (nSPS) is 10.7. The third kappa shape index (κ3) is 3.68. The fourth-order valence-corrected chi connectivity index (χ4v) is 3.15. The van der Waals surface area contributed by atoms with Crippen LogP contribution in [0.2, 0.25) is 5.02 Å². The zero-order valence-electron chi connectivity index (χ0n) is 14.7. The lowest BCUT2D eigenvalue weighted by atomic mass is 10.0. The van der Waals surface area contributed by atoms with Gasteiger partial charge >= 0.3 is 0 Å². The number of aromatic nitrogens is 3. The van der Waals surface area contributed by atoms with Crippen LogP contribution in [0.15, 0.2) is 67.0 Å². The van der Waals surface area contributed by atoms with Crippen LogP contribution in [0.25, 0.3) is 10.8 Å². The van der Waals surface area contributed by atoms with Crippen molar-refractivity contribution in [3.63, 3.8) is 0 Å². The van der Waals surface area contributed by atoms with Gasteiger partial charge in [0.2, 0.25) is 0 Å². The van der Waals surface area contributed by atoms with E-state index in [2.05, 4.69) is 26.6 Å². The largest absolute Gasteiger partial charge is 0.497 e. The molecule has 1 N–H and O–H groups in total. The Morgan fingerprint density at radius 2 is 1.74 bits per heavy atom. The SMILES string of the molecule is COc1ccc(Nc2nnc(Cc3ccncc3)c3ccccc23)c(Cl)c1. The lowest BCUT2D eigenvalue weighted by Crippen LogP contribution is -2.02. The van der Waals surface area contributed by atoms with Crippen LogP contribution in [0.4, 0.5) is 11.5 Å². The summed E-state index contributed by atoms with van der Waals surface area (Å²) in [5, 5.41) is 14.8. The van der Waals surface area contributed by atoms with Crippen LogP contribution in [-0.4, -0.2) is 22.3 Å². The molecule has 0 aliphatic rings. The Labute approximate surface area is 162 Å². The van der Waals surface area contributed by atoms with Crippen LogP contribution in [0.1, 0.15) is 11.3 Å². The number of methoxy groups -OCH3 is 1. The highest BCUT2D eigenvalue weighted by atomic mass is 35.5. The van der Waals surface area contributed by atoms with Gasteiger partial charge in [-0.05, 0) is 29.8 Å². The number of anilines is 2. The Hall–Kier alpha value is -3.18. The van der Waals surface area contributed by atoms with E-state index in [4.69, 9.17) is 16.3 Å². The molecular formula is C21H17ClN4O. The molecule has 0 amide bonds. The van der Waals surface area contributed by atoms with E-state index in [0.717, 1.165) is 27.7 Å². The van der Waals surface area contributed by atoms with Crippen molar-refractivity contribution in [2.75, 3.05) is 12.4 Å². The van der Waals surface area contributed by atoms with Crippen molar-refractivity contribution < 1.29 is 4.74 Å². The van der Waals surface area contributed by atoms with Gasteiger partial charge in [0, 0.05) is 35.7 Å². The fourth-order valence-electron chi connectivity index (χ4n) is 2.93. The molecule has 134 valence electrons. The highest BCUT2D eigenvalue weighted by Gasteiger charge is 2.11. The summed E-state index contributed by atoms with van der Waals surface area (Å²) >= 11 is 6.35. The van der Waals surface area contributed by atoms with E-state index < -0.39 is 0 Å². The van der Waals surface area contributed by atoms with E-state index in [9.17, 15) is 0 Å². The van der Waals surface area contributed by atoms with Crippen molar-refractivity contribution in [3.05, 3.63) is 83.3 Å². The maximum absolute atomic E-state index is 6.35. The van der Waals surface area contributed by atoms with E-state index in [0.29, 0.717) is 23.0 Å². The number of rotatable bonds is 5. The molecule has 6 heteroatoms. The minimum absolute atomic E-state index is 0.557. The van der Waals surface area contributed by atoms with Gasteiger partial charge in [0.15, 0.2) is 5.82 Å². The summed E-state index contributed by atoms with van der Waals surface area (Å²) in [5.41, 5.74) is 2.81. The third-order valence-electron chi connectivity index (χ3n) is 4.31. The molecule has 0 saturated heterocycles. The summed E-state index contributed by atoms with van der Waals surface area (Å²) in [6.45, 7) is 0. The third-order valence-corrected chi connectivity index (χ3v) is 4.63. The average Bonchev–Trinajstić information content (AvgIpc) is 2.72. The second-order valence-electron chi connectivity index (χ2n) is 6.04. The summed E-state index contributed by atoms with van der Waals surface area (Å²) in [6, 6.07) is 17.5. The first kappa shape index (κ1) is 17.2. The topological polar surface area (TPSA) is 59.9 Å². The van der Waals surface area contributed by atoms with E-state index in [1.807, 2.05) is 42.5 Å². The van der Waals surface area contributed by atoms with Gasteiger partial charge in [0.25, 0.3) is 0 Å². The standard InChI is InChI=1S/C21H17ClN4O/c1-27-15-6-7-19(18(22)13-15)24-21-17-5-3-2-4-16(17)20(25-26-21)12-14-8-10-23-11-9-14/h2-11,13H,12H2,1H3,(H,24,26). The Kier molecular flexibility index (Phi) is 4.85. The second-order valence-corrected chi connectivity index (χ2v) is 6.45. The molecule has 0 aliphatic heterocycles. The molecule has 5 nitrogen and oxygen atoms in total. The number of halogens is 1. The Morgan fingerprint density at radius 1 is 0.963 bits per heavy atom. The number of benzene rings is 2. The number of nitrogens with one attached hydrogen (secondary N) is 1. The van der Waals surface area contributed by atoms with Gasteiger partial charge < -0.3 is 10.1 Å². The number of hydrogen-bond donors (Lipinski definition) is 1. The lowest BCUT2D eigenvalue weighted by Gasteiger charge is -2.12. The van der Waals surface area contributed by atoms with E-state index in [-0.39, 0.29) is 0 Å². The highest BCUT2D eigenvalue weighted by molar-refractivity contribution is 6.33. The quantitative estimate of drug-likeness (QED) is 0.529. The molecule has 0 bridgehead atoms. The number of nitrogens with zero attached hydrogens (tertiary/aromatic N) is 3. The molecule has 0 fully saturated rings. The number of hydrogen-bond acceptors (Lipinski definition) is 5. The molecule has 0 saturated carbocycles. The molecule has 4 aromatic rings. The van der Waals surface area contributed by atoms with Crippen LogP contribution in [0.3, 0.4) is 0 Å². The van der Waals surface area contributed by atoms with Crippen LogP contribution in [0, 0.1) is 0 Å². The summed E-state index contributed by atoms with van der Waals surface area (Å²) in [6.07, 6.45) is 4.26. The van der Waals surface area contributed by atoms with Crippen molar-refractivity contribution in [2.45, 2.75) is 6.42 Å². The van der Waals surface area contributed by atoms with Gasteiger partial charge in [-0.25, -0.2) is 0 Å². The fraction of sp³-hybridized carbons (Fsp3) is 0.0952. The van der Waals surface area contributed by atoms with Gasteiger partial charge in [-0.2, -0.15) is 5.10 Å². The molecule has 2 heterocycles. The van der Waals surface area contributed by atoms with Gasteiger partial charge in [0.05, 0.1) is 23.5 Å². The van der Waals surface area contributed by atoms with Crippen LogP contribution in [0.5, 0.6) is 5.75 Å². The summed E-state index contributed by atoms with van der Waals surface area (Å²) in [4.78, 5) is 4.06. The molecule has 2 aromatic heterocycles. The van der Waals surface area contributed by atoms with Crippen molar-refractivity contribution in [1.29, 1.82) is 0 Å². The van der Waals surface area contributed by atoms with E-state index in [1.165, 1.54) is 0 Å². The zero-order valence-corrected chi connectivity index (χ0v) is 15.4. The molecule has 4 rings (SSSR count). The van der Waals surface area contributed by atoms with Gasteiger partial charge in [-0.1, -0.05) is 35.9 Å². The van der Waals surface area contributed by atoms with E-state index in [1.54, 1.807) is 25.6 Å². The zero-order chi connectivity index (χ0) is 18.6. The van der Waals surface area contributed by atoms with Crippen LogP contribution < -0.4 is 10.1 Å². The predicted molar refractivity (Wildman–Crippen MR) is 108 cm³/mol. The first-order valence-electron chi connectivity index (χ1n) is 8.48. The minimum Gasteiger partial charge on any atom is -0.497 e. The first-order chi connectivity index (χ1) is 13.2. The van der Waals surface area contributed by atoms with Crippen molar-refractivity contribution in [3.8, 4) is 5.75 Å². The molecular weight excluding hydrogens is 360 g/mol. The van der Waals surface area contributed by atoms with Gasteiger partial charge in [-0.15, -0.1) is 5.10 Å². The molecule has 0 aliphatic carbocycles. The first-order valence-corrected chi connectivity index (χ1v) is 8.86. The second kappa shape index (κ2) is 7.60. The smallest absolute Gasteiger partial charge is 0.161 e. The number of pyridine rings is 1. The lowest BCUT2D eigenvalue weighted by molar-refractivity contribution is 0.415. The predicted octanol–water partition coefficient (Wildman–Crippen LogP) is 5.02. The molecule has 27 heavy (non-hydrogen) atoms. The van der Waals surface area contributed by atoms with Crippen molar-refractivity contribution >= 4 is 33.9 Å². The van der Waals surface area contributed by atoms with Crippen molar-refractivity contribution in [1.82, 2.24) is 15.2 Å². The number of ether oxygens (including phenoxy) is 1. The minimum atomic E-state index is 0.557. The van der Waals surface area contributed by atoms with Crippen LogP contribution >= 0.6 is 11.6 Å². The molecule has 0 atom stereocenters. The Morgan fingerprint density at radius 3 is 2.48 bits per heavy atom. The van der Waals surface area contributed by atoms with Crippen LogP contribution in [-0.2, 0) is 6.42 Å². The summed E-state index contributed by atoms with van der Waals surface area (Å²) in [7, 11) is 1.61. The molecule has 0 radical (unpaired) electrons. The monoisotopic (exact) mass is 376 g/mol. The summed E-state index contributed by atoms with van der Waals surface area (Å²) < 4.78 is 5.20. The van der Waals surface area contributed by atoms with Crippen molar-refractivity contribution in [2.24, 2.45) is 0 Å². The van der Waals surface area contributed by atoms with Gasteiger partial charge in [-0.3, -0.25) is 4.98 Å². The molecule has 0 unspecified atom stereocenters. The maximum atomic E-state index is 6.35. The Balaban J connectivity index is 1.72. The highest BCUT2D eigenvalue weighted by Crippen LogP contribution is 2.32. The maximum Gasteiger partial charge on any atom is 0.161 e. The molecule has 2 aromatic carbocycles. The van der Waals surface area contributed by atoms with Gasteiger partial charge in [0.1, 0.15) is 5.75 Å². The van der Waals surface area contributed by atoms with E-state index >= 15 is 0 Å². The number of fused-ring (bicyclic) bond motifs is 1. The summed E-state index contributed by atoms with van der Waals surface area (Å²) in [5.74, 6) is 1.37. The Bertz CT molecular complexity index is 1090. The molecule has 0 spiro atoms.